The van der Waals surface area contributed by atoms with Crippen LogP contribution in [0.4, 0.5) is 5.69 Å². The molecule has 0 saturated heterocycles. The normalized spacial score (nSPS) is 14.1. The predicted octanol–water partition coefficient (Wildman–Crippen LogP) is 5.12. The summed E-state index contributed by atoms with van der Waals surface area (Å²) in [5, 5.41) is 4.10. The molecule has 3 aromatic carbocycles. The third kappa shape index (κ3) is 5.31. The summed E-state index contributed by atoms with van der Waals surface area (Å²) in [5.74, 6) is -0.0167. The van der Waals surface area contributed by atoms with E-state index in [0.717, 1.165) is 11.1 Å². The van der Waals surface area contributed by atoms with E-state index in [1.54, 1.807) is 42.5 Å². The maximum absolute atomic E-state index is 13.1. The van der Waals surface area contributed by atoms with Crippen LogP contribution in [0.15, 0.2) is 78.6 Å². The van der Waals surface area contributed by atoms with Crippen molar-refractivity contribution in [1.82, 2.24) is 5.32 Å². The first-order valence-electron chi connectivity index (χ1n) is 10.1. The van der Waals surface area contributed by atoms with Crippen molar-refractivity contribution in [2.45, 2.75) is 6.42 Å². The quantitative estimate of drug-likeness (QED) is 0.512. The number of nitrogens with zero attached hydrogens (tertiary/aromatic N) is 1. The molecule has 32 heavy (non-hydrogen) atoms. The second kappa shape index (κ2) is 9.90. The molecule has 0 aliphatic carbocycles. The lowest BCUT2D eigenvalue weighted by Crippen LogP contribution is -2.44. The van der Waals surface area contributed by atoms with Crippen LogP contribution in [0.5, 0.6) is 5.75 Å². The summed E-state index contributed by atoms with van der Waals surface area (Å²) >= 11 is 12.0. The average molecular weight is 467 g/mol. The van der Waals surface area contributed by atoms with E-state index in [4.69, 9.17) is 27.9 Å². The van der Waals surface area contributed by atoms with Crippen LogP contribution >= 0.6 is 23.2 Å². The number of benzene rings is 3. The van der Waals surface area contributed by atoms with Crippen molar-refractivity contribution in [1.29, 1.82) is 0 Å². The number of carbonyl (C=O) groups excluding carboxylic acids is 2. The number of para-hydroxylation sites is 2. The fourth-order valence-corrected chi connectivity index (χ4v) is 3.69. The molecule has 1 heterocycles. The van der Waals surface area contributed by atoms with Crippen LogP contribution in [0.2, 0.25) is 10.0 Å². The Balaban J connectivity index is 1.48. The van der Waals surface area contributed by atoms with Crippen molar-refractivity contribution in [3.63, 3.8) is 0 Å². The topological polar surface area (TPSA) is 58.6 Å². The summed E-state index contributed by atoms with van der Waals surface area (Å²) in [4.78, 5) is 27.2. The van der Waals surface area contributed by atoms with Gasteiger partial charge in [0.2, 0.25) is 5.91 Å². The van der Waals surface area contributed by atoms with Crippen LogP contribution in [-0.2, 0) is 16.0 Å². The molecule has 0 saturated carbocycles. The van der Waals surface area contributed by atoms with Gasteiger partial charge in [0, 0.05) is 16.6 Å². The Kier molecular flexibility index (Phi) is 6.78. The summed E-state index contributed by atoms with van der Waals surface area (Å²) in [6.07, 6.45) is 2.28. The highest BCUT2D eigenvalue weighted by Crippen LogP contribution is 2.35. The second-order valence-corrected chi connectivity index (χ2v) is 8.12. The summed E-state index contributed by atoms with van der Waals surface area (Å²) in [7, 11) is 0. The minimum atomic E-state index is -0.392. The van der Waals surface area contributed by atoms with Gasteiger partial charge < -0.3 is 10.1 Å². The molecule has 162 valence electrons. The number of nitrogens with one attached hydrogen (secondary N) is 1. The van der Waals surface area contributed by atoms with Crippen molar-refractivity contribution in [3.8, 4) is 5.75 Å². The van der Waals surface area contributed by atoms with Crippen molar-refractivity contribution in [3.05, 3.63) is 99.7 Å². The predicted molar refractivity (Wildman–Crippen MR) is 127 cm³/mol. The van der Waals surface area contributed by atoms with E-state index < -0.39 is 5.91 Å². The first-order chi connectivity index (χ1) is 15.5. The second-order valence-electron chi connectivity index (χ2n) is 7.25. The molecule has 0 radical (unpaired) electrons. The lowest BCUT2D eigenvalue weighted by molar-refractivity contribution is -0.123. The van der Waals surface area contributed by atoms with Crippen LogP contribution in [0, 0.1) is 0 Å². The Morgan fingerprint density at radius 3 is 2.53 bits per heavy atom. The van der Waals surface area contributed by atoms with E-state index in [0.29, 0.717) is 34.4 Å². The molecule has 1 aliphatic heterocycles. The van der Waals surface area contributed by atoms with Gasteiger partial charge in [-0.2, -0.15) is 0 Å². The zero-order chi connectivity index (χ0) is 22.5. The Morgan fingerprint density at radius 1 is 0.969 bits per heavy atom. The summed E-state index contributed by atoms with van der Waals surface area (Å²) < 4.78 is 5.83. The Hall–Kier alpha value is -3.28. The van der Waals surface area contributed by atoms with Gasteiger partial charge in [-0.1, -0.05) is 59.6 Å². The highest BCUT2D eigenvalue weighted by molar-refractivity contribution is 6.31. The fourth-order valence-electron chi connectivity index (χ4n) is 3.36. The zero-order valence-electron chi connectivity index (χ0n) is 17.1. The molecule has 7 heteroatoms. The van der Waals surface area contributed by atoms with Gasteiger partial charge in [0.15, 0.2) is 11.5 Å². The van der Waals surface area contributed by atoms with Crippen molar-refractivity contribution in [2.75, 3.05) is 18.0 Å². The molecule has 0 unspecified atom stereocenters. The first-order valence-corrected chi connectivity index (χ1v) is 10.8. The molecule has 0 aromatic heterocycles. The van der Waals surface area contributed by atoms with Crippen LogP contribution in [0.3, 0.4) is 0 Å². The highest BCUT2D eigenvalue weighted by Gasteiger charge is 2.31. The molecule has 1 aliphatic rings. The SMILES string of the molecule is O=C(CN1C(=O)/C(=C\c2cccc(Cl)c2)Oc2ccccc21)NCCc1ccc(Cl)cc1. The molecule has 5 nitrogen and oxygen atoms in total. The number of hydrogen-bond acceptors (Lipinski definition) is 3. The van der Waals surface area contributed by atoms with Gasteiger partial charge in [-0.25, -0.2) is 0 Å². The molecule has 1 N–H and O–H groups in total. The van der Waals surface area contributed by atoms with E-state index in [9.17, 15) is 9.59 Å². The number of carbonyl (C=O) groups is 2. The third-order valence-corrected chi connectivity index (χ3v) is 5.42. The monoisotopic (exact) mass is 466 g/mol. The molecular weight excluding hydrogens is 447 g/mol. The van der Waals surface area contributed by atoms with Crippen molar-refractivity contribution >= 4 is 46.8 Å². The van der Waals surface area contributed by atoms with E-state index in [-0.39, 0.29) is 18.2 Å². The van der Waals surface area contributed by atoms with Crippen LogP contribution < -0.4 is 15.0 Å². The lowest BCUT2D eigenvalue weighted by Gasteiger charge is -2.30. The van der Waals surface area contributed by atoms with Gasteiger partial charge in [0.25, 0.3) is 5.91 Å². The maximum Gasteiger partial charge on any atom is 0.294 e. The summed E-state index contributed by atoms with van der Waals surface area (Å²) in [5.41, 5.74) is 2.34. The molecular formula is C25H20Cl2N2O3. The minimum Gasteiger partial charge on any atom is -0.449 e. The number of amides is 2. The number of fused-ring (bicyclic) bond motifs is 1. The first kappa shape index (κ1) is 21.9. The van der Waals surface area contributed by atoms with Crippen molar-refractivity contribution in [2.24, 2.45) is 0 Å². The van der Waals surface area contributed by atoms with Gasteiger partial charge >= 0.3 is 0 Å². The minimum absolute atomic E-state index is 0.118. The zero-order valence-corrected chi connectivity index (χ0v) is 18.6. The molecule has 0 spiro atoms. The Bertz CT molecular complexity index is 1180. The molecule has 0 fully saturated rings. The van der Waals surface area contributed by atoms with Gasteiger partial charge in [-0.3, -0.25) is 14.5 Å². The highest BCUT2D eigenvalue weighted by atomic mass is 35.5. The Labute approximate surface area is 196 Å². The number of halogens is 2. The Morgan fingerprint density at radius 2 is 1.75 bits per heavy atom. The molecule has 0 atom stereocenters. The van der Waals surface area contributed by atoms with Crippen LogP contribution in [-0.4, -0.2) is 24.9 Å². The number of rotatable bonds is 6. The van der Waals surface area contributed by atoms with Gasteiger partial charge in [0.1, 0.15) is 6.54 Å². The summed E-state index contributed by atoms with van der Waals surface area (Å²) in [6, 6.07) is 21.7. The smallest absolute Gasteiger partial charge is 0.294 e. The van der Waals surface area contributed by atoms with E-state index >= 15 is 0 Å². The largest absolute Gasteiger partial charge is 0.449 e. The summed E-state index contributed by atoms with van der Waals surface area (Å²) in [6.45, 7) is 0.332. The van der Waals surface area contributed by atoms with Crippen LogP contribution in [0.1, 0.15) is 11.1 Å². The fraction of sp³-hybridized carbons (Fsp3) is 0.120. The number of ether oxygens (including phenoxy) is 1. The van der Waals surface area contributed by atoms with Crippen molar-refractivity contribution < 1.29 is 14.3 Å². The van der Waals surface area contributed by atoms with E-state index in [2.05, 4.69) is 5.32 Å². The molecule has 0 bridgehead atoms. The number of hydrogen-bond donors (Lipinski definition) is 1. The molecule has 4 rings (SSSR count). The third-order valence-electron chi connectivity index (χ3n) is 4.93. The van der Waals surface area contributed by atoms with Gasteiger partial charge in [-0.15, -0.1) is 0 Å². The number of anilines is 1. The van der Waals surface area contributed by atoms with Crippen LogP contribution in [0.25, 0.3) is 6.08 Å². The standard InChI is InChI=1S/C25H20Cl2N2O3/c26-19-10-8-17(9-11-19)12-13-28-24(30)16-29-21-6-1-2-7-22(21)32-23(25(29)31)15-18-4-3-5-20(27)14-18/h1-11,14-15H,12-13,16H2,(H,28,30)/b23-15+. The lowest BCUT2D eigenvalue weighted by atomic mass is 10.1. The van der Waals surface area contributed by atoms with E-state index in [1.807, 2.05) is 36.4 Å². The maximum atomic E-state index is 13.1. The molecule has 2 amide bonds. The van der Waals surface area contributed by atoms with Gasteiger partial charge in [0.05, 0.1) is 5.69 Å². The van der Waals surface area contributed by atoms with Gasteiger partial charge in [-0.05, 0) is 60.0 Å². The van der Waals surface area contributed by atoms with E-state index in [1.165, 1.54) is 4.90 Å². The molecule has 3 aromatic rings. The average Bonchev–Trinajstić information content (AvgIpc) is 2.78.